The van der Waals surface area contributed by atoms with Gasteiger partial charge in [0.1, 0.15) is 0 Å². The van der Waals surface area contributed by atoms with Gasteiger partial charge in [-0.15, -0.1) is 0 Å². The highest BCUT2D eigenvalue weighted by Gasteiger charge is 2.40. The summed E-state index contributed by atoms with van der Waals surface area (Å²) in [6, 6.07) is 0. The molecule has 1 saturated heterocycles. The number of nitrogens with zero attached hydrogens (tertiary/aromatic N) is 2. The van der Waals surface area contributed by atoms with Gasteiger partial charge in [0.2, 0.25) is 5.66 Å². The summed E-state index contributed by atoms with van der Waals surface area (Å²) in [7, 11) is 0. The first-order valence-electron chi connectivity index (χ1n) is 4.78. The largest absolute Gasteiger partial charge is 0.339 e. The van der Waals surface area contributed by atoms with Gasteiger partial charge in [0, 0.05) is 13.1 Å². The van der Waals surface area contributed by atoms with Crippen LogP contribution < -0.4 is 11.2 Å². The Kier molecular flexibility index (Phi) is 2.39. The topological polar surface area (TPSA) is 80.0 Å². The highest BCUT2D eigenvalue weighted by molar-refractivity contribution is 6.02. The van der Waals surface area contributed by atoms with Crippen LogP contribution in [0.5, 0.6) is 0 Å². The van der Waals surface area contributed by atoms with E-state index >= 15 is 0 Å². The Bertz CT molecular complexity index is 262. The molecule has 0 bridgehead atoms. The number of hydroxylamine groups is 1. The molecule has 6 nitrogen and oxygen atoms in total. The monoisotopic (exact) mass is 198 g/mol. The number of likely N-dealkylation sites (tertiary alicyclic amines) is 1. The smallest absolute Gasteiger partial charge is 0.266 e. The van der Waals surface area contributed by atoms with Gasteiger partial charge in [-0.1, -0.05) is 10.6 Å². The fraction of sp³-hybridized carbons (Fsp3) is 0.750. The highest BCUT2D eigenvalue weighted by atomic mass is 16.8. The van der Waals surface area contributed by atoms with E-state index in [4.69, 9.17) is 5.73 Å². The molecule has 0 aliphatic carbocycles. The van der Waals surface area contributed by atoms with E-state index in [0.717, 1.165) is 25.9 Å². The molecular formula is C8H14N4O2. The van der Waals surface area contributed by atoms with Crippen molar-refractivity contribution in [2.45, 2.75) is 24.9 Å². The van der Waals surface area contributed by atoms with Gasteiger partial charge in [0.15, 0.2) is 0 Å². The van der Waals surface area contributed by atoms with Crippen LogP contribution in [0.4, 0.5) is 0 Å². The minimum Gasteiger partial charge on any atom is -0.339 e. The number of hydrogen-bond donors (Lipinski definition) is 2. The predicted molar refractivity (Wildman–Crippen MR) is 50.1 cm³/mol. The van der Waals surface area contributed by atoms with E-state index < -0.39 is 5.66 Å². The summed E-state index contributed by atoms with van der Waals surface area (Å²) in [6.45, 7) is 1.54. The average molecular weight is 198 g/mol. The molecule has 2 aliphatic rings. The van der Waals surface area contributed by atoms with Crippen molar-refractivity contribution in [2.24, 2.45) is 10.9 Å². The molecule has 1 amide bonds. The normalized spacial score (nSPS) is 31.6. The van der Waals surface area contributed by atoms with Crippen LogP contribution in [0.3, 0.4) is 0 Å². The average Bonchev–Trinajstić information content (AvgIpc) is 2.67. The Balaban J connectivity index is 2.02. The Morgan fingerprint density at radius 2 is 2.21 bits per heavy atom. The van der Waals surface area contributed by atoms with Crippen LogP contribution in [0.15, 0.2) is 5.16 Å². The molecular weight excluding hydrogens is 184 g/mol. The van der Waals surface area contributed by atoms with E-state index in [-0.39, 0.29) is 5.91 Å². The van der Waals surface area contributed by atoms with E-state index in [1.807, 2.05) is 0 Å². The molecule has 1 atom stereocenters. The van der Waals surface area contributed by atoms with Crippen LogP contribution in [0.25, 0.3) is 0 Å². The van der Waals surface area contributed by atoms with E-state index in [2.05, 4.69) is 15.6 Å². The summed E-state index contributed by atoms with van der Waals surface area (Å²) in [4.78, 5) is 18.2. The number of carbonyl (C=O) groups is 1. The lowest BCUT2D eigenvalue weighted by molar-refractivity contribution is -0.140. The maximum atomic E-state index is 11.9. The Morgan fingerprint density at radius 3 is 2.79 bits per heavy atom. The van der Waals surface area contributed by atoms with Crippen LogP contribution in [0, 0.1) is 0 Å². The zero-order valence-electron chi connectivity index (χ0n) is 7.90. The van der Waals surface area contributed by atoms with Crippen molar-refractivity contribution in [3.63, 3.8) is 0 Å². The van der Waals surface area contributed by atoms with Crippen molar-refractivity contribution < 1.29 is 9.73 Å². The van der Waals surface area contributed by atoms with E-state index in [9.17, 15) is 4.79 Å². The molecule has 0 aromatic rings. The van der Waals surface area contributed by atoms with Crippen molar-refractivity contribution in [1.29, 1.82) is 0 Å². The number of nitrogens with two attached hydrogens (primary N) is 1. The number of nitrogens with one attached hydrogen (secondary N) is 1. The van der Waals surface area contributed by atoms with Crippen molar-refractivity contribution in [3.05, 3.63) is 0 Å². The van der Waals surface area contributed by atoms with Gasteiger partial charge in [-0.2, -0.15) is 0 Å². The molecule has 78 valence electrons. The first-order valence-corrected chi connectivity index (χ1v) is 4.78. The summed E-state index contributed by atoms with van der Waals surface area (Å²) in [5, 5.41) is 3.44. The summed E-state index contributed by atoms with van der Waals surface area (Å²) < 4.78 is 0. The minimum absolute atomic E-state index is 0.168. The molecule has 3 N–H and O–H groups in total. The molecule has 0 saturated carbocycles. The minimum atomic E-state index is -1.27. The summed E-state index contributed by atoms with van der Waals surface area (Å²) in [5.41, 5.74) is 6.88. The van der Waals surface area contributed by atoms with Crippen molar-refractivity contribution >= 4 is 12.1 Å². The zero-order chi connectivity index (χ0) is 10.0. The SMILES string of the molecule is NC1(C(=O)N2CCCCC2)C=NON1. The molecule has 2 heterocycles. The molecule has 1 fully saturated rings. The van der Waals surface area contributed by atoms with Gasteiger partial charge >= 0.3 is 0 Å². The maximum Gasteiger partial charge on any atom is 0.266 e. The zero-order valence-corrected chi connectivity index (χ0v) is 7.90. The molecule has 0 radical (unpaired) electrons. The third-order valence-corrected chi connectivity index (χ3v) is 2.52. The van der Waals surface area contributed by atoms with Crippen LogP contribution in [-0.2, 0) is 9.73 Å². The second-order valence-corrected chi connectivity index (χ2v) is 3.65. The standard InChI is InChI=1S/C8H14N4O2/c9-8(6-10-14-11-8)7(13)12-4-2-1-3-5-12/h6,11H,1-5,9H2. The second-order valence-electron chi connectivity index (χ2n) is 3.65. The second kappa shape index (κ2) is 3.55. The number of oxime groups is 1. The molecule has 14 heavy (non-hydrogen) atoms. The maximum absolute atomic E-state index is 11.9. The third kappa shape index (κ3) is 1.58. The van der Waals surface area contributed by atoms with Crippen LogP contribution in [0.1, 0.15) is 19.3 Å². The Hall–Kier alpha value is -1.14. The summed E-state index contributed by atoms with van der Waals surface area (Å²) in [6.07, 6.45) is 4.56. The first-order chi connectivity index (χ1) is 6.72. The molecule has 6 heteroatoms. The first kappa shape index (κ1) is 9.42. The fourth-order valence-corrected chi connectivity index (χ4v) is 1.70. The van der Waals surface area contributed by atoms with Gasteiger partial charge in [0.25, 0.3) is 5.91 Å². The van der Waals surface area contributed by atoms with Gasteiger partial charge in [0.05, 0.1) is 6.21 Å². The quantitative estimate of drug-likeness (QED) is 0.576. The lowest BCUT2D eigenvalue weighted by Gasteiger charge is -2.31. The molecule has 2 aliphatic heterocycles. The van der Waals surface area contributed by atoms with Gasteiger partial charge in [-0.3, -0.25) is 15.5 Å². The summed E-state index contributed by atoms with van der Waals surface area (Å²) in [5.74, 6) is -0.168. The number of piperidine rings is 1. The van der Waals surface area contributed by atoms with E-state index in [1.54, 1.807) is 4.90 Å². The summed E-state index contributed by atoms with van der Waals surface area (Å²) >= 11 is 0. The van der Waals surface area contributed by atoms with E-state index in [1.165, 1.54) is 12.6 Å². The molecule has 1 unspecified atom stereocenters. The Morgan fingerprint density at radius 1 is 1.50 bits per heavy atom. The number of carbonyl (C=O) groups excluding carboxylic acids is 1. The lowest BCUT2D eigenvalue weighted by Crippen LogP contribution is -2.63. The Labute approximate surface area is 82.0 Å². The van der Waals surface area contributed by atoms with Crippen LogP contribution >= 0.6 is 0 Å². The third-order valence-electron chi connectivity index (χ3n) is 2.52. The lowest BCUT2D eigenvalue weighted by atomic mass is 10.1. The molecule has 2 rings (SSSR count). The van der Waals surface area contributed by atoms with Crippen LogP contribution in [0.2, 0.25) is 0 Å². The van der Waals surface area contributed by atoms with Gasteiger partial charge < -0.3 is 4.90 Å². The van der Waals surface area contributed by atoms with Crippen molar-refractivity contribution in [3.8, 4) is 0 Å². The van der Waals surface area contributed by atoms with Crippen molar-refractivity contribution in [1.82, 2.24) is 10.4 Å². The number of hydrogen-bond acceptors (Lipinski definition) is 5. The van der Waals surface area contributed by atoms with Gasteiger partial charge in [-0.25, -0.2) is 0 Å². The number of amides is 1. The molecule has 0 aromatic heterocycles. The molecule has 0 aromatic carbocycles. The highest BCUT2D eigenvalue weighted by Crippen LogP contribution is 2.13. The van der Waals surface area contributed by atoms with Gasteiger partial charge in [-0.05, 0) is 19.3 Å². The predicted octanol–water partition coefficient (Wildman–Crippen LogP) is -0.825. The van der Waals surface area contributed by atoms with Crippen LogP contribution in [-0.4, -0.2) is 35.8 Å². The van der Waals surface area contributed by atoms with E-state index in [0.29, 0.717) is 0 Å². The molecule has 0 spiro atoms. The fourth-order valence-electron chi connectivity index (χ4n) is 1.70. The van der Waals surface area contributed by atoms with Crippen molar-refractivity contribution in [2.75, 3.05) is 13.1 Å². The number of rotatable bonds is 1.